The highest BCUT2D eigenvalue weighted by molar-refractivity contribution is 6.33. The van der Waals surface area contributed by atoms with E-state index in [0.717, 1.165) is 0 Å². The van der Waals surface area contributed by atoms with Crippen molar-refractivity contribution < 1.29 is 22.7 Å². The number of hydrogen-bond donors (Lipinski definition) is 1. The van der Waals surface area contributed by atoms with Crippen molar-refractivity contribution >= 4 is 29.1 Å². The van der Waals surface area contributed by atoms with E-state index in [0.29, 0.717) is 5.56 Å². The van der Waals surface area contributed by atoms with Crippen LogP contribution in [0.2, 0.25) is 10.3 Å². The first-order valence-electron chi connectivity index (χ1n) is 6.49. The molecule has 2 aromatic heterocycles. The topological polar surface area (TPSA) is 64.1 Å². The first kappa shape index (κ1) is 18.3. The fourth-order valence-corrected chi connectivity index (χ4v) is 2.10. The van der Waals surface area contributed by atoms with Crippen LogP contribution in [-0.4, -0.2) is 28.7 Å². The first-order valence-corrected chi connectivity index (χ1v) is 7.24. The summed E-state index contributed by atoms with van der Waals surface area (Å²) in [5, 5.41) is 2.77. The lowest BCUT2D eigenvalue weighted by molar-refractivity contribution is -0.154. The lowest BCUT2D eigenvalue weighted by Crippen LogP contribution is -2.23. The molecule has 10 heteroatoms. The molecular formula is C14H10Cl2F3N3O2. The number of nitrogens with zero attached hydrogens (tertiary/aromatic N) is 2. The van der Waals surface area contributed by atoms with Crippen molar-refractivity contribution in [2.75, 3.05) is 6.61 Å². The molecule has 1 N–H and O–H groups in total. The Morgan fingerprint density at radius 3 is 2.42 bits per heavy atom. The molecule has 2 aromatic rings. The van der Waals surface area contributed by atoms with Crippen molar-refractivity contribution in [2.45, 2.75) is 12.7 Å². The Morgan fingerprint density at radius 1 is 1.21 bits per heavy atom. The van der Waals surface area contributed by atoms with Crippen LogP contribution in [0.4, 0.5) is 13.2 Å². The Balaban J connectivity index is 1.91. The molecule has 0 fully saturated rings. The highest BCUT2D eigenvalue weighted by Gasteiger charge is 2.28. The Kier molecular flexibility index (Phi) is 5.84. The van der Waals surface area contributed by atoms with E-state index in [2.05, 4.69) is 20.0 Å². The molecule has 2 heterocycles. The number of halogens is 5. The number of carbonyl (C=O) groups excluding carboxylic acids is 1. The van der Waals surface area contributed by atoms with Crippen molar-refractivity contribution in [3.05, 3.63) is 51.9 Å². The third-order valence-corrected chi connectivity index (χ3v) is 3.05. The number of amides is 1. The van der Waals surface area contributed by atoms with Gasteiger partial charge < -0.3 is 10.1 Å². The summed E-state index contributed by atoms with van der Waals surface area (Å²) >= 11 is 11.4. The standard InChI is InChI=1S/C14H10Cl2F3N3O2/c15-10-3-9(4-11(16)22-10)13(23)21-6-8-1-2-12(20-5-8)24-7-14(17,18)19/h1-5H,6-7H2,(H,21,23). The summed E-state index contributed by atoms with van der Waals surface area (Å²) in [6.45, 7) is -1.30. The predicted molar refractivity (Wildman–Crippen MR) is 81.2 cm³/mol. The van der Waals surface area contributed by atoms with E-state index in [4.69, 9.17) is 23.2 Å². The predicted octanol–water partition coefficient (Wildman–Crippen LogP) is 3.65. The number of alkyl halides is 3. The normalized spacial score (nSPS) is 11.2. The minimum absolute atomic E-state index is 0.0838. The van der Waals surface area contributed by atoms with Crippen molar-refractivity contribution in [3.8, 4) is 5.88 Å². The highest BCUT2D eigenvalue weighted by atomic mass is 35.5. The largest absolute Gasteiger partial charge is 0.468 e. The fraction of sp³-hybridized carbons (Fsp3) is 0.214. The van der Waals surface area contributed by atoms with Gasteiger partial charge in [-0.1, -0.05) is 29.3 Å². The lowest BCUT2D eigenvalue weighted by Gasteiger charge is -2.09. The van der Waals surface area contributed by atoms with Crippen LogP contribution >= 0.6 is 23.2 Å². The van der Waals surface area contributed by atoms with Crippen molar-refractivity contribution in [1.82, 2.24) is 15.3 Å². The molecule has 0 spiro atoms. The van der Waals surface area contributed by atoms with E-state index >= 15 is 0 Å². The molecule has 0 saturated heterocycles. The molecule has 0 radical (unpaired) electrons. The zero-order valence-corrected chi connectivity index (χ0v) is 13.4. The van der Waals surface area contributed by atoms with Gasteiger partial charge in [0, 0.05) is 24.4 Å². The van der Waals surface area contributed by atoms with E-state index in [1.54, 1.807) is 0 Å². The zero-order valence-electron chi connectivity index (χ0n) is 11.9. The number of nitrogens with one attached hydrogen (secondary N) is 1. The molecule has 128 valence electrons. The lowest BCUT2D eigenvalue weighted by atomic mass is 10.2. The Hall–Kier alpha value is -2.06. The molecule has 0 atom stereocenters. The van der Waals surface area contributed by atoms with Crippen LogP contribution in [0.15, 0.2) is 30.5 Å². The number of aromatic nitrogens is 2. The summed E-state index contributed by atoms with van der Waals surface area (Å²) in [6.07, 6.45) is -3.13. The molecule has 0 aromatic carbocycles. The SMILES string of the molecule is O=C(NCc1ccc(OCC(F)(F)F)nc1)c1cc(Cl)nc(Cl)c1. The summed E-state index contributed by atoms with van der Waals surface area (Å²) in [5.41, 5.74) is 0.812. The quantitative estimate of drug-likeness (QED) is 0.805. The van der Waals surface area contributed by atoms with Gasteiger partial charge in [-0.2, -0.15) is 13.2 Å². The van der Waals surface area contributed by atoms with Gasteiger partial charge >= 0.3 is 6.18 Å². The van der Waals surface area contributed by atoms with E-state index < -0.39 is 18.7 Å². The first-order chi connectivity index (χ1) is 11.2. The van der Waals surface area contributed by atoms with Crippen LogP contribution in [0.1, 0.15) is 15.9 Å². The van der Waals surface area contributed by atoms with Crippen LogP contribution in [0.25, 0.3) is 0 Å². The van der Waals surface area contributed by atoms with E-state index in [1.807, 2.05) is 0 Å². The van der Waals surface area contributed by atoms with Crippen LogP contribution in [-0.2, 0) is 6.54 Å². The molecule has 5 nitrogen and oxygen atoms in total. The monoisotopic (exact) mass is 379 g/mol. The molecule has 1 amide bonds. The van der Waals surface area contributed by atoms with Crippen molar-refractivity contribution in [1.29, 1.82) is 0 Å². The summed E-state index contributed by atoms with van der Waals surface area (Å²) in [5.74, 6) is -0.589. The summed E-state index contributed by atoms with van der Waals surface area (Å²) < 4.78 is 40.6. The average Bonchev–Trinajstić information content (AvgIpc) is 2.50. The van der Waals surface area contributed by atoms with Gasteiger partial charge in [0.05, 0.1) is 0 Å². The van der Waals surface area contributed by atoms with E-state index in [-0.39, 0.29) is 28.3 Å². The van der Waals surface area contributed by atoms with Gasteiger partial charge in [0.25, 0.3) is 5.91 Å². The number of hydrogen-bond acceptors (Lipinski definition) is 4. The van der Waals surface area contributed by atoms with Crippen molar-refractivity contribution in [2.24, 2.45) is 0 Å². The molecule has 0 unspecified atom stereocenters. The minimum Gasteiger partial charge on any atom is -0.468 e. The second-order valence-electron chi connectivity index (χ2n) is 4.59. The smallest absolute Gasteiger partial charge is 0.422 e. The number of pyridine rings is 2. The van der Waals surface area contributed by atoms with Crippen LogP contribution < -0.4 is 10.1 Å². The van der Waals surface area contributed by atoms with Gasteiger partial charge in [0.1, 0.15) is 10.3 Å². The molecule has 0 bridgehead atoms. The molecule has 0 saturated carbocycles. The van der Waals surface area contributed by atoms with E-state index in [9.17, 15) is 18.0 Å². The molecular weight excluding hydrogens is 370 g/mol. The summed E-state index contributed by atoms with van der Waals surface area (Å²) in [6, 6.07) is 5.49. The van der Waals surface area contributed by atoms with Gasteiger partial charge in [-0.25, -0.2) is 9.97 Å². The maximum absolute atomic E-state index is 12.0. The van der Waals surface area contributed by atoms with Crippen LogP contribution in [0.5, 0.6) is 5.88 Å². The van der Waals surface area contributed by atoms with Crippen LogP contribution in [0, 0.1) is 0 Å². The Bertz CT molecular complexity index is 704. The minimum atomic E-state index is -4.43. The zero-order chi connectivity index (χ0) is 17.7. The van der Waals surface area contributed by atoms with Crippen molar-refractivity contribution in [3.63, 3.8) is 0 Å². The molecule has 0 aliphatic heterocycles. The number of carbonyl (C=O) groups is 1. The van der Waals surface area contributed by atoms with E-state index in [1.165, 1.54) is 30.5 Å². The fourth-order valence-electron chi connectivity index (χ4n) is 1.64. The average molecular weight is 380 g/mol. The van der Waals surface area contributed by atoms with Gasteiger partial charge in [0.15, 0.2) is 6.61 Å². The molecule has 0 aliphatic carbocycles. The highest BCUT2D eigenvalue weighted by Crippen LogP contribution is 2.17. The third-order valence-electron chi connectivity index (χ3n) is 2.66. The maximum atomic E-state index is 12.0. The van der Waals surface area contributed by atoms with Gasteiger partial charge in [-0.15, -0.1) is 0 Å². The maximum Gasteiger partial charge on any atom is 0.422 e. The Labute approximate surface area is 144 Å². The Morgan fingerprint density at radius 2 is 1.88 bits per heavy atom. The third kappa shape index (κ3) is 5.86. The van der Waals surface area contributed by atoms with Gasteiger partial charge in [-0.05, 0) is 17.7 Å². The summed E-state index contributed by atoms with van der Waals surface area (Å²) in [7, 11) is 0. The number of ether oxygens (including phenoxy) is 1. The van der Waals surface area contributed by atoms with Gasteiger partial charge in [-0.3, -0.25) is 4.79 Å². The number of rotatable bonds is 5. The summed E-state index contributed by atoms with van der Waals surface area (Å²) in [4.78, 5) is 19.4. The second kappa shape index (κ2) is 7.67. The van der Waals surface area contributed by atoms with Crippen LogP contribution in [0.3, 0.4) is 0 Å². The second-order valence-corrected chi connectivity index (χ2v) is 5.37. The molecule has 24 heavy (non-hydrogen) atoms. The molecule has 2 rings (SSSR count). The van der Waals surface area contributed by atoms with Gasteiger partial charge in [0.2, 0.25) is 5.88 Å². The molecule has 0 aliphatic rings.